The minimum Gasteiger partial charge on any atom is -0.364 e. The van der Waals surface area contributed by atoms with Crippen LogP contribution in [-0.4, -0.2) is 35.9 Å². The molecule has 5 heteroatoms. The standard InChI is InChI=1S/C19H25N3OS/c1-22-10-2-4-14(18(22)16-5-3-11-24-16)12-21-19(23)15-8-9-20-17(15)13-6-7-13/h3,5,8-9,11,13-14,18,20H,2,4,6-7,10,12H2,1H3,(H,21,23)/t14-,18-/m0/s1. The van der Waals surface area contributed by atoms with Gasteiger partial charge in [-0.3, -0.25) is 9.69 Å². The number of H-pyrrole nitrogens is 1. The van der Waals surface area contributed by atoms with Crippen molar-refractivity contribution >= 4 is 17.2 Å². The number of nitrogens with zero attached hydrogens (tertiary/aromatic N) is 1. The summed E-state index contributed by atoms with van der Waals surface area (Å²) in [5.41, 5.74) is 1.97. The fourth-order valence-corrected chi connectivity index (χ4v) is 4.97. The summed E-state index contributed by atoms with van der Waals surface area (Å²) in [4.78, 5) is 19.7. The van der Waals surface area contributed by atoms with Crippen molar-refractivity contribution in [3.05, 3.63) is 45.9 Å². The van der Waals surface area contributed by atoms with Crippen LogP contribution >= 0.6 is 11.3 Å². The lowest BCUT2D eigenvalue weighted by Gasteiger charge is -2.38. The molecule has 4 rings (SSSR count). The van der Waals surface area contributed by atoms with Crippen molar-refractivity contribution in [2.45, 2.75) is 37.6 Å². The Bertz CT molecular complexity index is 689. The number of piperidine rings is 1. The van der Waals surface area contributed by atoms with E-state index in [1.165, 1.54) is 30.6 Å². The Morgan fingerprint density at radius 3 is 3.00 bits per heavy atom. The van der Waals surface area contributed by atoms with E-state index in [1.807, 2.05) is 23.6 Å². The van der Waals surface area contributed by atoms with Crippen molar-refractivity contribution in [3.8, 4) is 0 Å². The van der Waals surface area contributed by atoms with Gasteiger partial charge in [-0.15, -0.1) is 11.3 Å². The Hall–Kier alpha value is -1.59. The maximum Gasteiger partial charge on any atom is 0.253 e. The molecule has 2 aromatic rings. The van der Waals surface area contributed by atoms with Crippen LogP contribution in [0, 0.1) is 5.92 Å². The van der Waals surface area contributed by atoms with E-state index in [0.717, 1.165) is 24.3 Å². The minimum absolute atomic E-state index is 0.0799. The van der Waals surface area contributed by atoms with Crippen LogP contribution in [0.4, 0.5) is 0 Å². The highest BCUT2D eigenvalue weighted by Gasteiger charge is 2.32. The zero-order valence-electron chi connectivity index (χ0n) is 14.1. The van der Waals surface area contributed by atoms with E-state index in [-0.39, 0.29) is 5.91 Å². The first-order chi connectivity index (χ1) is 11.7. The zero-order valence-corrected chi connectivity index (χ0v) is 14.9. The average Bonchev–Trinajstić information content (AvgIpc) is 3.09. The Kier molecular flexibility index (Phi) is 4.46. The molecular formula is C19H25N3OS. The first kappa shape index (κ1) is 15.9. The SMILES string of the molecule is CN1CCC[C@@H](CNC(=O)c2cc[nH]c2C2CC2)[C@H]1c1cccs1. The van der Waals surface area contributed by atoms with Gasteiger partial charge in [-0.25, -0.2) is 0 Å². The second kappa shape index (κ2) is 6.73. The molecule has 24 heavy (non-hydrogen) atoms. The number of likely N-dealkylation sites (tertiary alicyclic amines) is 1. The molecule has 2 fully saturated rings. The maximum atomic E-state index is 12.6. The zero-order chi connectivity index (χ0) is 16.5. The predicted octanol–water partition coefficient (Wildman–Crippen LogP) is 3.77. The molecule has 2 aromatic heterocycles. The number of carbonyl (C=O) groups excluding carboxylic acids is 1. The van der Waals surface area contributed by atoms with Gasteiger partial charge >= 0.3 is 0 Å². The molecule has 2 aliphatic rings. The largest absolute Gasteiger partial charge is 0.364 e. The normalized spacial score (nSPS) is 24.9. The second-order valence-corrected chi connectivity index (χ2v) is 8.11. The van der Waals surface area contributed by atoms with Crippen LogP contribution in [0.3, 0.4) is 0 Å². The van der Waals surface area contributed by atoms with Crippen LogP contribution in [0.25, 0.3) is 0 Å². The fraction of sp³-hybridized carbons (Fsp3) is 0.526. The van der Waals surface area contributed by atoms with E-state index in [1.54, 1.807) is 0 Å². The molecular weight excluding hydrogens is 318 g/mol. The Labute approximate surface area is 147 Å². The quantitative estimate of drug-likeness (QED) is 0.868. The van der Waals surface area contributed by atoms with E-state index in [2.05, 4.69) is 39.8 Å². The van der Waals surface area contributed by atoms with Gasteiger partial charge in [0.15, 0.2) is 0 Å². The third-order valence-electron chi connectivity index (χ3n) is 5.38. The number of nitrogens with one attached hydrogen (secondary N) is 2. The molecule has 4 nitrogen and oxygen atoms in total. The Morgan fingerprint density at radius 1 is 1.38 bits per heavy atom. The summed E-state index contributed by atoms with van der Waals surface area (Å²) in [5.74, 6) is 1.13. The fourth-order valence-electron chi connectivity index (χ4n) is 3.99. The van der Waals surface area contributed by atoms with Gasteiger partial charge in [0.1, 0.15) is 0 Å². The molecule has 128 valence electrons. The van der Waals surface area contributed by atoms with Gasteiger partial charge in [-0.2, -0.15) is 0 Å². The van der Waals surface area contributed by atoms with Gasteiger partial charge in [0.05, 0.1) is 5.56 Å². The van der Waals surface area contributed by atoms with Crippen molar-refractivity contribution in [2.75, 3.05) is 20.1 Å². The first-order valence-electron chi connectivity index (χ1n) is 8.93. The van der Waals surface area contributed by atoms with E-state index >= 15 is 0 Å². The number of amides is 1. The van der Waals surface area contributed by atoms with Crippen molar-refractivity contribution < 1.29 is 4.79 Å². The molecule has 0 radical (unpaired) electrons. The van der Waals surface area contributed by atoms with Gasteiger partial charge in [0.2, 0.25) is 0 Å². The van der Waals surface area contributed by atoms with E-state index in [4.69, 9.17) is 0 Å². The van der Waals surface area contributed by atoms with Crippen molar-refractivity contribution in [1.29, 1.82) is 0 Å². The number of aromatic amines is 1. The Balaban J connectivity index is 1.43. The lowest BCUT2D eigenvalue weighted by atomic mass is 9.88. The number of rotatable bonds is 5. The highest BCUT2D eigenvalue weighted by Crippen LogP contribution is 2.41. The van der Waals surface area contributed by atoms with Crippen LogP contribution < -0.4 is 5.32 Å². The molecule has 1 saturated carbocycles. The smallest absolute Gasteiger partial charge is 0.253 e. The van der Waals surface area contributed by atoms with Crippen LogP contribution in [0.2, 0.25) is 0 Å². The van der Waals surface area contributed by atoms with Crippen molar-refractivity contribution in [2.24, 2.45) is 5.92 Å². The number of carbonyl (C=O) groups is 1. The summed E-state index contributed by atoms with van der Waals surface area (Å²) in [6, 6.07) is 6.70. The molecule has 0 spiro atoms. The third-order valence-corrected chi connectivity index (χ3v) is 6.32. The average molecular weight is 343 g/mol. The molecule has 0 unspecified atom stereocenters. The summed E-state index contributed by atoms with van der Waals surface area (Å²) in [5, 5.41) is 5.36. The van der Waals surface area contributed by atoms with E-state index in [9.17, 15) is 4.79 Å². The molecule has 0 bridgehead atoms. The van der Waals surface area contributed by atoms with Crippen LogP contribution in [0.1, 0.15) is 58.6 Å². The molecule has 1 aliphatic carbocycles. The maximum absolute atomic E-state index is 12.6. The van der Waals surface area contributed by atoms with Crippen molar-refractivity contribution in [1.82, 2.24) is 15.2 Å². The summed E-state index contributed by atoms with van der Waals surface area (Å²) in [6.45, 7) is 1.89. The van der Waals surface area contributed by atoms with E-state index < -0.39 is 0 Å². The van der Waals surface area contributed by atoms with Gasteiger partial charge in [0.25, 0.3) is 5.91 Å². The summed E-state index contributed by atoms with van der Waals surface area (Å²) < 4.78 is 0. The number of hydrogen-bond acceptors (Lipinski definition) is 3. The number of hydrogen-bond donors (Lipinski definition) is 2. The third kappa shape index (κ3) is 3.15. The molecule has 1 saturated heterocycles. The van der Waals surface area contributed by atoms with Crippen LogP contribution in [-0.2, 0) is 0 Å². The second-order valence-electron chi connectivity index (χ2n) is 7.13. The van der Waals surface area contributed by atoms with Gasteiger partial charge in [-0.05, 0) is 68.6 Å². The molecule has 2 atom stereocenters. The predicted molar refractivity (Wildman–Crippen MR) is 97.5 cm³/mol. The molecule has 1 amide bonds. The van der Waals surface area contributed by atoms with Gasteiger partial charge in [-0.1, -0.05) is 6.07 Å². The van der Waals surface area contributed by atoms with Crippen LogP contribution in [0.15, 0.2) is 29.8 Å². The highest BCUT2D eigenvalue weighted by atomic mass is 32.1. The molecule has 1 aliphatic heterocycles. The van der Waals surface area contributed by atoms with Crippen molar-refractivity contribution in [3.63, 3.8) is 0 Å². The van der Waals surface area contributed by atoms with Crippen LogP contribution in [0.5, 0.6) is 0 Å². The lowest BCUT2D eigenvalue weighted by molar-refractivity contribution is 0.0894. The monoisotopic (exact) mass is 343 g/mol. The summed E-state index contributed by atoms with van der Waals surface area (Å²) >= 11 is 1.82. The highest BCUT2D eigenvalue weighted by molar-refractivity contribution is 7.10. The molecule has 3 heterocycles. The minimum atomic E-state index is 0.0799. The summed E-state index contributed by atoms with van der Waals surface area (Å²) in [6.07, 6.45) is 6.68. The molecule has 2 N–H and O–H groups in total. The van der Waals surface area contributed by atoms with E-state index in [0.29, 0.717) is 17.9 Å². The first-order valence-corrected chi connectivity index (χ1v) is 9.81. The van der Waals surface area contributed by atoms with Gasteiger partial charge < -0.3 is 10.3 Å². The Morgan fingerprint density at radius 2 is 2.25 bits per heavy atom. The summed E-state index contributed by atoms with van der Waals surface area (Å²) in [7, 11) is 2.20. The number of thiophene rings is 1. The van der Waals surface area contributed by atoms with Gasteiger partial charge in [0, 0.05) is 29.4 Å². The lowest BCUT2D eigenvalue weighted by Crippen LogP contribution is -2.41. The number of aromatic nitrogens is 1. The molecule has 0 aromatic carbocycles. The topological polar surface area (TPSA) is 48.1 Å².